The normalized spacial score (nSPS) is 15.9. The Bertz CT molecular complexity index is 1150. The fourth-order valence-electron chi connectivity index (χ4n) is 3.77. The zero-order valence-corrected chi connectivity index (χ0v) is 17.0. The van der Waals surface area contributed by atoms with Crippen molar-refractivity contribution >= 4 is 23.0 Å². The number of non-ortho nitro benzene ring substituents is 1. The minimum Gasteiger partial charge on any atom is -0.497 e. The van der Waals surface area contributed by atoms with Gasteiger partial charge in [0.2, 0.25) is 0 Å². The van der Waals surface area contributed by atoms with Gasteiger partial charge in [-0.1, -0.05) is 23.7 Å². The first-order valence-corrected chi connectivity index (χ1v) is 9.80. The molecule has 0 aliphatic carbocycles. The van der Waals surface area contributed by atoms with Crippen LogP contribution in [0.25, 0.3) is 5.69 Å². The van der Waals surface area contributed by atoms with Gasteiger partial charge in [-0.15, -0.1) is 0 Å². The molecule has 1 atom stereocenters. The number of hydrogen-bond donors (Lipinski definition) is 0. The topological polar surface area (TPSA) is 90.5 Å². The number of nitro groups is 1. The third-order valence-electron chi connectivity index (χ3n) is 5.25. The summed E-state index contributed by atoms with van der Waals surface area (Å²) >= 11 is 6.47. The molecule has 154 valence electrons. The molecule has 0 saturated carbocycles. The highest BCUT2D eigenvalue weighted by molar-refractivity contribution is 6.33. The molecule has 0 radical (unpaired) electrons. The lowest BCUT2D eigenvalue weighted by atomic mass is 10.0. The quantitative estimate of drug-likeness (QED) is 0.449. The lowest BCUT2D eigenvalue weighted by Gasteiger charge is -2.28. The Hall–Kier alpha value is -3.39. The van der Waals surface area contributed by atoms with E-state index in [1.807, 2.05) is 24.3 Å². The lowest BCUT2D eigenvalue weighted by molar-refractivity contribution is -0.384. The number of halogens is 1. The maximum Gasteiger partial charge on any atom is 0.292 e. The molecular formula is C21H19ClN4O4. The summed E-state index contributed by atoms with van der Waals surface area (Å²) in [5.74, 6) is 0.775. The summed E-state index contributed by atoms with van der Waals surface area (Å²) in [5, 5.41) is 15.2. The maximum absolute atomic E-state index is 12.9. The van der Waals surface area contributed by atoms with E-state index in [1.54, 1.807) is 13.3 Å². The number of ether oxygens (including phenoxy) is 1. The predicted molar refractivity (Wildman–Crippen MR) is 114 cm³/mol. The van der Waals surface area contributed by atoms with E-state index < -0.39 is 10.5 Å². The highest BCUT2D eigenvalue weighted by atomic mass is 35.5. The Balaban J connectivity index is 1.69. The van der Waals surface area contributed by atoms with Crippen LogP contribution in [-0.4, -0.2) is 28.4 Å². The molecule has 8 nitrogen and oxygen atoms in total. The second-order valence-electron chi connectivity index (χ2n) is 6.96. The Morgan fingerprint density at radius 3 is 2.70 bits per heavy atom. The van der Waals surface area contributed by atoms with Crippen LogP contribution >= 0.6 is 11.6 Å². The number of rotatable bonds is 5. The van der Waals surface area contributed by atoms with E-state index in [1.165, 1.54) is 24.3 Å². The first-order valence-electron chi connectivity index (χ1n) is 9.43. The second kappa shape index (κ2) is 8.16. The van der Waals surface area contributed by atoms with Crippen molar-refractivity contribution in [3.63, 3.8) is 0 Å². The van der Waals surface area contributed by atoms with Gasteiger partial charge in [0, 0.05) is 18.7 Å². The fraction of sp³-hybridized carbons (Fsp3) is 0.238. The standard InChI is InChI=1S/C21H19ClN4O4/c1-30-17-5-2-4-14(12-17)18-6-3-11-24(18)19-13-23-25(21(27)20(19)22)15-7-9-16(10-8-15)26(28)29/h2,4-5,7-10,12-13,18H,3,6,11H2,1H3. The predicted octanol–water partition coefficient (Wildman–Crippen LogP) is 4.14. The molecule has 0 N–H and O–H groups in total. The van der Waals surface area contributed by atoms with E-state index in [0.717, 1.165) is 35.4 Å². The van der Waals surface area contributed by atoms with Crippen LogP contribution in [0.15, 0.2) is 59.5 Å². The molecule has 1 saturated heterocycles. The fourth-order valence-corrected chi connectivity index (χ4v) is 4.01. The van der Waals surface area contributed by atoms with Crippen molar-refractivity contribution in [2.75, 3.05) is 18.6 Å². The number of benzene rings is 2. The Morgan fingerprint density at radius 2 is 2.00 bits per heavy atom. The van der Waals surface area contributed by atoms with Gasteiger partial charge in [0.05, 0.1) is 35.6 Å². The molecule has 1 aromatic heterocycles. The first kappa shape index (κ1) is 19.9. The Kier molecular flexibility index (Phi) is 5.41. The number of nitrogens with zero attached hydrogens (tertiary/aromatic N) is 4. The average Bonchev–Trinajstić information content (AvgIpc) is 3.25. The van der Waals surface area contributed by atoms with E-state index in [-0.39, 0.29) is 16.8 Å². The van der Waals surface area contributed by atoms with Crippen molar-refractivity contribution in [3.05, 3.63) is 85.8 Å². The van der Waals surface area contributed by atoms with Crippen molar-refractivity contribution in [1.29, 1.82) is 0 Å². The summed E-state index contributed by atoms with van der Waals surface area (Å²) in [6, 6.07) is 13.5. The van der Waals surface area contributed by atoms with Gasteiger partial charge in [0.15, 0.2) is 0 Å². The van der Waals surface area contributed by atoms with Gasteiger partial charge < -0.3 is 9.64 Å². The summed E-state index contributed by atoms with van der Waals surface area (Å²) in [4.78, 5) is 25.3. The molecule has 2 aromatic carbocycles. The zero-order chi connectivity index (χ0) is 21.3. The van der Waals surface area contributed by atoms with Crippen LogP contribution in [0.1, 0.15) is 24.4 Å². The first-order chi connectivity index (χ1) is 14.5. The van der Waals surface area contributed by atoms with Gasteiger partial charge in [-0.2, -0.15) is 9.78 Å². The minimum absolute atomic E-state index is 0.0623. The molecule has 0 bridgehead atoms. The summed E-state index contributed by atoms with van der Waals surface area (Å²) in [7, 11) is 1.63. The molecule has 1 aliphatic heterocycles. The lowest BCUT2D eigenvalue weighted by Crippen LogP contribution is -2.28. The highest BCUT2D eigenvalue weighted by Crippen LogP contribution is 2.38. The van der Waals surface area contributed by atoms with Gasteiger partial charge in [-0.3, -0.25) is 14.9 Å². The van der Waals surface area contributed by atoms with E-state index in [4.69, 9.17) is 16.3 Å². The Labute approximate surface area is 177 Å². The van der Waals surface area contributed by atoms with E-state index in [2.05, 4.69) is 10.00 Å². The van der Waals surface area contributed by atoms with Crippen LogP contribution < -0.4 is 15.2 Å². The van der Waals surface area contributed by atoms with Crippen LogP contribution in [0.5, 0.6) is 5.75 Å². The molecular weight excluding hydrogens is 408 g/mol. The van der Waals surface area contributed by atoms with Gasteiger partial charge in [-0.25, -0.2) is 0 Å². The maximum atomic E-state index is 12.9. The van der Waals surface area contributed by atoms with Crippen LogP contribution in [0.2, 0.25) is 5.02 Å². The van der Waals surface area contributed by atoms with Crippen molar-refractivity contribution in [2.24, 2.45) is 0 Å². The molecule has 4 rings (SSSR count). The smallest absolute Gasteiger partial charge is 0.292 e. The van der Waals surface area contributed by atoms with Crippen LogP contribution in [0.4, 0.5) is 11.4 Å². The average molecular weight is 427 g/mol. The SMILES string of the molecule is COc1cccc(C2CCCN2c2cnn(-c3ccc([N+](=O)[O-])cc3)c(=O)c2Cl)c1. The molecule has 0 spiro atoms. The number of anilines is 1. The number of hydrogen-bond acceptors (Lipinski definition) is 6. The molecule has 2 heterocycles. The Morgan fingerprint density at radius 1 is 1.23 bits per heavy atom. The van der Waals surface area contributed by atoms with E-state index in [9.17, 15) is 14.9 Å². The highest BCUT2D eigenvalue weighted by Gasteiger charge is 2.29. The third-order valence-corrected chi connectivity index (χ3v) is 5.60. The second-order valence-corrected chi connectivity index (χ2v) is 7.34. The van der Waals surface area contributed by atoms with E-state index in [0.29, 0.717) is 11.4 Å². The summed E-state index contributed by atoms with van der Waals surface area (Å²) in [6.45, 7) is 0.754. The number of aromatic nitrogens is 2. The molecule has 0 amide bonds. The van der Waals surface area contributed by atoms with Gasteiger partial charge in [0.25, 0.3) is 11.2 Å². The van der Waals surface area contributed by atoms with Crippen LogP contribution in [-0.2, 0) is 0 Å². The largest absolute Gasteiger partial charge is 0.497 e. The van der Waals surface area contributed by atoms with Gasteiger partial charge in [0.1, 0.15) is 10.8 Å². The van der Waals surface area contributed by atoms with Crippen LogP contribution in [0.3, 0.4) is 0 Å². The molecule has 1 fully saturated rings. The number of methoxy groups -OCH3 is 1. The molecule has 30 heavy (non-hydrogen) atoms. The zero-order valence-electron chi connectivity index (χ0n) is 16.2. The molecule has 1 unspecified atom stereocenters. The van der Waals surface area contributed by atoms with Crippen LogP contribution in [0, 0.1) is 10.1 Å². The number of nitro benzene ring substituents is 1. The summed E-state index contributed by atoms with van der Waals surface area (Å²) in [5.41, 5.74) is 1.53. The van der Waals surface area contributed by atoms with Gasteiger partial charge >= 0.3 is 0 Å². The third kappa shape index (κ3) is 3.61. The van der Waals surface area contributed by atoms with Gasteiger partial charge in [-0.05, 0) is 42.7 Å². The van der Waals surface area contributed by atoms with Crippen molar-refractivity contribution in [3.8, 4) is 11.4 Å². The van der Waals surface area contributed by atoms with Crippen molar-refractivity contribution < 1.29 is 9.66 Å². The monoisotopic (exact) mass is 426 g/mol. The molecule has 9 heteroatoms. The molecule has 1 aliphatic rings. The molecule has 3 aromatic rings. The summed E-state index contributed by atoms with van der Waals surface area (Å²) < 4.78 is 6.48. The van der Waals surface area contributed by atoms with E-state index >= 15 is 0 Å². The van der Waals surface area contributed by atoms with Crippen molar-refractivity contribution in [2.45, 2.75) is 18.9 Å². The summed E-state index contributed by atoms with van der Waals surface area (Å²) in [6.07, 6.45) is 3.46. The van der Waals surface area contributed by atoms with Crippen molar-refractivity contribution in [1.82, 2.24) is 9.78 Å². The minimum atomic E-state index is -0.498.